The lowest BCUT2D eigenvalue weighted by Crippen LogP contribution is -2.28. The van der Waals surface area contributed by atoms with E-state index >= 15 is 0 Å². The van der Waals surface area contributed by atoms with Gasteiger partial charge in [0.05, 0.1) is 29.4 Å². The molecule has 9 heteroatoms. The second kappa shape index (κ2) is 7.23. The fourth-order valence-electron chi connectivity index (χ4n) is 3.58. The first kappa shape index (κ1) is 20.1. The number of nitrogens with two attached hydrogens (primary N) is 1. The van der Waals surface area contributed by atoms with Gasteiger partial charge in [0.15, 0.2) is 0 Å². The highest BCUT2D eigenvalue weighted by Gasteiger charge is 2.31. The zero-order chi connectivity index (χ0) is 21.6. The number of nitrogen functional groups attached to an aromatic ring is 1. The van der Waals surface area contributed by atoms with Crippen LogP contribution >= 0.6 is 0 Å². The van der Waals surface area contributed by atoms with Crippen LogP contribution in [0.25, 0.3) is 10.9 Å². The molecule has 1 aliphatic heterocycles. The Labute approximate surface area is 171 Å². The molecule has 158 valence electrons. The number of rotatable bonds is 3. The number of benzene rings is 2. The number of likely N-dealkylation sites (N-methyl/N-ethyl adjacent to an activating group) is 1. The largest absolute Gasteiger partial charge is 0.489 e. The molecule has 0 radical (unpaired) electrons. The summed E-state index contributed by atoms with van der Waals surface area (Å²) in [5.41, 5.74) is 7.05. The minimum atomic E-state index is -4.47. The number of fused-ring (bicyclic) bond motifs is 2. The third kappa shape index (κ3) is 3.79. The van der Waals surface area contributed by atoms with Crippen molar-refractivity contribution in [3.8, 4) is 5.75 Å². The maximum absolute atomic E-state index is 13.2. The van der Waals surface area contributed by atoms with Crippen LogP contribution < -0.4 is 20.7 Å². The number of aryl methyl sites for hydroxylation is 1. The third-order valence-electron chi connectivity index (χ3n) is 5.14. The number of hydrogen-bond acceptors (Lipinski definition) is 6. The molecule has 0 saturated heterocycles. The summed E-state index contributed by atoms with van der Waals surface area (Å²) in [4.78, 5) is 11.1. The lowest BCUT2D eigenvalue weighted by molar-refractivity contribution is -0.137. The molecule has 0 aliphatic carbocycles. The molecule has 2 heterocycles. The highest BCUT2D eigenvalue weighted by atomic mass is 19.4. The second-order valence-electron chi connectivity index (χ2n) is 7.48. The predicted octanol–water partition coefficient (Wildman–Crippen LogP) is 4.54. The standard InChI is InChI=1S/C21H22F3N5O/c1-11(13-6-14(21(22,23)24)8-15(25)7-13)26-20-16-9-18-19(30-5-4-29(18)3)10-17(16)27-12(2)28-20/h6-11H,4-5,25H2,1-3H3,(H,26,27,28). The molecule has 1 unspecified atom stereocenters. The molecule has 6 nitrogen and oxygen atoms in total. The van der Waals surface area contributed by atoms with Crippen LogP contribution in [0, 0.1) is 6.92 Å². The smallest absolute Gasteiger partial charge is 0.416 e. The van der Waals surface area contributed by atoms with Crippen LogP contribution in [0.4, 0.5) is 30.4 Å². The molecule has 1 atom stereocenters. The van der Waals surface area contributed by atoms with Crippen molar-refractivity contribution in [1.29, 1.82) is 0 Å². The van der Waals surface area contributed by atoms with Crippen molar-refractivity contribution in [3.63, 3.8) is 0 Å². The van der Waals surface area contributed by atoms with Gasteiger partial charge in [-0.3, -0.25) is 0 Å². The van der Waals surface area contributed by atoms with Crippen molar-refractivity contribution in [2.75, 3.05) is 36.1 Å². The van der Waals surface area contributed by atoms with Gasteiger partial charge >= 0.3 is 6.18 Å². The van der Waals surface area contributed by atoms with Crippen molar-refractivity contribution in [3.05, 3.63) is 47.3 Å². The SMILES string of the molecule is Cc1nc(NC(C)c2cc(N)cc(C(F)(F)F)c2)c2cc3c(cc2n1)OCCN3C. The lowest BCUT2D eigenvalue weighted by atomic mass is 10.0. The van der Waals surface area contributed by atoms with Crippen LogP contribution in [0.3, 0.4) is 0 Å². The first-order valence-corrected chi connectivity index (χ1v) is 9.52. The molecule has 4 rings (SSSR count). The summed E-state index contributed by atoms with van der Waals surface area (Å²) in [6.07, 6.45) is -4.47. The Balaban J connectivity index is 1.75. The average molecular weight is 417 g/mol. The Morgan fingerprint density at radius 3 is 2.67 bits per heavy atom. The Morgan fingerprint density at radius 1 is 1.17 bits per heavy atom. The molecule has 3 N–H and O–H groups in total. The Kier molecular flexibility index (Phi) is 4.83. The zero-order valence-corrected chi connectivity index (χ0v) is 16.8. The van der Waals surface area contributed by atoms with Crippen molar-refractivity contribution in [1.82, 2.24) is 9.97 Å². The average Bonchev–Trinajstić information content (AvgIpc) is 2.66. The fraction of sp³-hybridized carbons (Fsp3) is 0.333. The Hall–Kier alpha value is -3.23. The molecule has 0 amide bonds. The van der Waals surface area contributed by atoms with E-state index in [2.05, 4.69) is 20.2 Å². The van der Waals surface area contributed by atoms with Crippen molar-refractivity contribution < 1.29 is 17.9 Å². The number of hydrogen-bond donors (Lipinski definition) is 2. The molecule has 0 fully saturated rings. The number of ether oxygens (including phenoxy) is 1. The lowest BCUT2D eigenvalue weighted by Gasteiger charge is -2.28. The summed E-state index contributed by atoms with van der Waals surface area (Å²) < 4.78 is 45.3. The molecular formula is C21H22F3N5O. The van der Waals surface area contributed by atoms with Gasteiger partial charge in [0, 0.05) is 24.2 Å². The van der Waals surface area contributed by atoms with Gasteiger partial charge in [-0.25, -0.2) is 9.97 Å². The highest BCUT2D eigenvalue weighted by molar-refractivity contribution is 5.94. The minimum Gasteiger partial charge on any atom is -0.489 e. The number of nitrogens with one attached hydrogen (secondary N) is 1. The molecule has 1 aliphatic rings. The van der Waals surface area contributed by atoms with E-state index in [4.69, 9.17) is 10.5 Å². The molecule has 0 spiro atoms. The topological polar surface area (TPSA) is 76.3 Å². The monoisotopic (exact) mass is 417 g/mol. The molecule has 3 aromatic rings. The number of aromatic nitrogens is 2. The van der Waals surface area contributed by atoms with Gasteiger partial charge in [0.2, 0.25) is 0 Å². The molecular weight excluding hydrogens is 395 g/mol. The van der Waals surface area contributed by atoms with Gasteiger partial charge in [-0.2, -0.15) is 13.2 Å². The summed E-state index contributed by atoms with van der Waals surface area (Å²) in [5.74, 6) is 1.84. The number of alkyl halides is 3. The van der Waals surface area contributed by atoms with Crippen molar-refractivity contribution in [2.24, 2.45) is 0 Å². The quantitative estimate of drug-likeness (QED) is 0.610. The first-order valence-electron chi connectivity index (χ1n) is 9.52. The van der Waals surface area contributed by atoms with E-state index in [0.29, 0.717) is 29.3 Å². The number of halogens is 3. The van der Waals surface area contributed by atoms with Crippen LogP contribution in [-0.2, 0) is 6.18 Å². The maximum atomic E-state index is 13.2. The summed E-state index contributed by atoms with van der Waals surface area (Å²) in [7, 11) is 1.98. The highest BCUT2D eigenvalue weighted by Crippen LogP contribution is 2.38. The summed E-state index contributed by atoms with van der Waals surface area (Å²) in [6.45, 7) is 4.89. The first-order chi connectivity index (χ1) is 14.1. The van der Waals surface area contributed by atoms with E-state index in [-0.39, 0.29) is 5.69 Å². The van der Waals surface area contributed by atoms with E-state index in [1.807, 2.05) is 19.2 Å². The van der Waals surface area contributed by atoms with Gasteiger partial charge in [-0.1, -0.05) is 0 Å². The second-order valence-corrected chi connectivity index (χ2v) is 7.48. The van der Waals surface area contributed by atoms with Crippen LogP contribution in [-0.4, -0.2) is 30.2 Å². The predicted molar refractivity (Wildman–Crippen MR) is 111 cm³/mol. The van der Waals surface area contributed by atoms with Gasteiger partial charge in [0.1, 0.15) is 24.0 Å². The van der Waals surface area contributed by atoms with Gasteiger partial charge < -0.3 is 20.7 Å². The van der Waals surface area contributed by atoms with Gasteiger partial charge in [-0.15, -0.1) is 0 Å². The normalized spacial score (nSPS) is 14.9. The van der Waals surface area contributed by atoms with Crippen LogP contribution in [0.5, 0.6) is 5.75 Å². The van der Waals surface area contributed by atoms with Crippen LogP contribution in [0.2, 0.25) is 0 Å². The van der Waals surface area contributed by atoms with Crippen molar-refractivity contribution in [2.45, 2.75) is 26.1 Å². The number of anilines is 3. The maximum Gasteiger partial charge on any atom is 0.416 e. The molecule has 0 saturated carbocycles. The van der Waals surface area contributed by atoms with Gasteiger partial charge in [-0.05, 0) is 43.7 Å². The van der Waals surface area contributed by atoms with E-state index in [1.165, 1.54) is 6.07 Å². The van der Waals surface area contributed by atoms with Crippen LogP contribution in [0.1, 0.15) is 29.9 Å². The fourth-order valence-corrected chi connectivity index (χ4v) is 3.58. The van der Waals surface area contributed by atoms with Gasteiger partial charge in [0.25, 0.3) is 0 Å². The van der Waals surface area contributed by atoms with E-state index in [9.17, 15) is 13.2 Å². The minimum absolute atomic E-state index is 0.0602. The molecule has 1 aromatic heterocycles. The Bertz CT molecular complexity index is 1120. The summed E-state index contributed by atoms with van der Waals surface area (Å²) in [5, 5.41) is 4.00. The van der Waals surface area contributed by atoms with Crippen molar-refractivity contribution >= 4 is 28.1 Å². The van der Waals surface area contributed by atoms with E-state index < -0.39 is 17.8 Å². The number of nitrogens with zero attached hydrogens (tertiary/aromatic N) is 3. The van der Waals surface area contributed by atoms with E-state index in [0.717, 1.165) is 35.5 Å². The molecule has 0 bridgehead atoms. The molecule has 30 heavy (non-hydrogen) atoms. The Morgan fingerprint density at radius 2 is 1.93 bits per heavy atom. The zero-order valence-electron chi connectivity index (χ0n) is 16.8. The summed E-state index contributed by atoms with van der Waals surface area (Å²) >= 11 is 0. The third-order valence-corrected chi connectivity index (χ3v) is 5.14. The summed E-state index contributed by atoms with van der Waals surface area (Å²) in [6, 6.07) is 6.92. The van der Waals surface area contributed by atoms with E-state index in [1.54, 1.807) is 13.8 Å². The molecule has 2 aromatic carbocycles. The van der Waals surface area contributed by atoms with Crippen LogP contribution in [0.15, 0.2) is 30.3 Å².